The van der Waals surface area contributed by atoms with E-state index < -0.39 is 10.1 Å². The van der Waals surface area contributed by atoms with Gasteiger partial charge >= 0.3 is 0 Å². The Labute approximate surface area is 155 Å². The fraction of sp³-hybridized carbons (Fsp3) is 0.182. The fourth-order valence-corrected chi connectivity index (χ4v) is 3.53. The van der Waals surface area contributed by atoms with Crippen LogP contribution in [0.2, 0.25) is 0 Å². The van der Waals surface area contributed by atoms with Gasteiger partial charge in [0.15, 0.2) is 0 Å². The number of rotatable bonds is 7. The SMILES string of the molecule is O=S(=O)(O)CCCCc1ccc(-c2ccc(-c3ccccc3)cc2)cc1. The van der Waals surface area contributed by atoms with Gasteiger partial charge in [-0.05, 0) is 47.1 Å². The topological polar surface area (TPSA) is 54.4 Å². The Morgan fingerprint density at radius 3 is 1.58 bits per heavy atom. The second-order valence-electron chi connectivity index (χ2n) is 6.38. The molecule has 0 saturated heterocycles. The van der Waals surface area contributed by atoms with Crippen LogP contribution in [0, 0.1) is 0 Å². The zero-order valence-corrected chi connectivity index (χ0v) is 15.3. The predicted octanol–water partition coefficient (Wildman–Crippen LogP) is 5.23. The Hall–Kier alpha value is -2.43. The first kappa shape index (κ1) is 18.4. The van der Waals surface area contributed by atoms with E-state index in [1.165, 1.54) is 22.3 Å². The lowest BCUT2D eigenvalue weighted by Crippen LogP contribution is -2.03. The molecule has 3 aromatic rings. The van der Waals surface area contributed by atoms with Crippen LogP contribution in [0.4, 0.5) is 0 Å². The number of hydrogen-bond donors (Lipinski definition) is 1. The van der Waals surface area contributed by atoms with Crippen LogP contribution in [-0.2, 0) is 16.5 Å². The number of hydrogen-bond acceptors (Lipinski definition) is 2. The molecule has 0 aliphatic rings. The third-order valence-corrected chi connectivity index (χ3v) is 5.20. The quantitative estimate of drug-likeness (QED) is 0.460. The molecule has 0 bridgehead atoms. The molecule has 0 aliphatic heterocycles. The van der Waals surface area contributed by atoms with E-state index in [9.17, 15) is 8.42 Å². The van der Waals surface area contributed by atoms with Gasteiger partial charge in [-0.3, -0.25) is 4.55 Å². The van der Waals surface area contributed by atoms with Gasteiger partial charge in [0.2, 0.25) is 0 Å². The summed E-state index contributed by atoms with van der Waals surface area (Å²) in [6.07, 6.45) is 2.02. The van der Waals surface area contributed by atoms with Gasteiger partial charge in [0.1, 0.15) is 0 Å². The van der Waals surface area contributed by atoms with E-state index in [2.05, 4.69) is 60.7 Å². The summed E-state index contributed by atoms with van der Waals surface area (Å²) in [5.41, 5.74) is 5.91. The van der Waals surface area contributed by atoms with Crippen LogP contribution < -0.4 is 0 Å². The summed E-state index contributed by atoms with van der Waals surface area (Å²) < 4.78 is 30.2. The maximum absolute atomic E-state index is 10.7. The molecule has 26 heavy (non-hydrogen) atoms. The second-order valence-corrected chi connectivity index (χ2v) is 7.96. The normalized spacial score (nSPS) is 11.4. The third-order valence-electron chi connectivity index (χ3n) is 4.40. The van der Waals surface area contributed by atoms with E-state index in [0.717, 1.165) is 18.4 Å². The maximum atomic E-state index is 10.7. The molecule has 0 amide bonds. The summed E-state index contributed by atoms with van der Waals surface area (Å²) in [6.45, 7) is 0. The summed E-state index contributed by atoms with van der Waals surface area (Å²) in [5.74, 6) is -0.168. The third kappa shape index (κ3) is 5.28. The molecule has 134 valence electrons. The van der Waals surface area contributed by atoms with Crippen molar-refractivity contribution in [2.75, 3.05) is 5.75 Å². The lowest BCUT2D eigenvalue weighted by molar-refractivity contribution is 0.480. The summed E-state index contributed by atoms with van der Waals surface area (Å²) in [4.78, 5) is 0. The lowest BCUT2D eigenvalue weighted by Gasteiger charge is -2.07. The van der Waals surface area contributed by atoms with Gasteiger partial charge in [-0.1, -0.05) is 78.9 Å². The molecule has 3 aromatic carbocycles. The molecular formula is C22H22O3S. The summed E-state index contributed by atoms with van der Waals surface area (Å²) in [6, 6.07) is 27.2. The van der Waals surface area contributed by atoms with Crippen molar-refractivity contribution in [3.05, 3.63) is 84.4 Å². The van der Waals surface area contributed by atoms with E-state index in [4.69, 9.17) is 4.55 Å². The highest BCUT2D eigenvalue weighted by molar-refractivity contribution is 7.85. The highest BCUT2D eigenvalue weighted by Crippen LogP contribution is 2.25. The van der Waals surface area contributed by atoms with E-state index >= 15 is 0 Å². The first-order chi connectivity index (χ1) is 12.5. The van der Waals surface area contributed by atoms with Crippen molar-refractivity contribution in [1.29, 1.82) is 0 Å². The van der Waals surface area contributed by atoms with Crippen molar-refractivity contribution in [3.63, 3.8) is 0 Å². The van der Waals surface area contributed by atoms with Crippen molar-refractivity contribution in [1.82, 2.24) is 0 Å². The molecule has 0 unspecified atom stereocenters. The Kier molecular flexibility index (Phi) is 5.86. The van der Waals surface area contributed by atoms with Crippen molar-refractivity contribution in [3.8, 4) is 22.3 Å². The van der Waals surface area contributed by atoms with Gasteiger partial charge in [-0.2, -0.15) is 8.42 Å². The Balaban J connectivity index is 1.61. The largest absolute Gasteiger partial charge is 0.286 e. The van der Waals surface area contributed by atoms with Gasteiger partial charge in [-0.15, -0.1) is 0 Å². The molecule has 3 rings (SSSR count). The van der Waals surface area contributed by atoms with Gasteiger partial charge < -0.3 is 0 Å². The van der Waals surface area contributed by atoms with Crippen molar-refractivity contribution < 1.29 is 13.0 Å². The molecule has 0 radical (unpaired) electrons. The molecule has 0 fully saturated rings. The fourth-order valence-electron chi connectivity index (χ4n) is 2.96. The molecule has 3 nitrogen and oxygen atoms in total. The van der Waals surface area contributed by atoms with Crippen LogP contribution in [0.15, 0.2) is 78.9 Å². The highest BCUT2D eigenvalue weighted by Gasteiger charge is 2.04. The van der Waals surface area contributed by atoms with Crippen molar-refractivity contribution in [2.45, 2.75) is 19.3 Å². The molecule has 1 N–H and O–H groups in total. The van der Waals surface area contributed by atoms with E-state index in [0.29, 0.717) is 6.42 Å². The van der Waals surface area contributed by atoms with Crippen LogP contribution in [0.5, 0.6) is 0 Å². The zero-order chi connectivity index (χ0) is 18.4. The summed E-state index contributed by atoms with van der Waals surface area (Å²) in [7, 11) is -3.84. The van der Waals surface area contributed by atoms with Gasteiger partial charge in [0.05, 0.1) is 5.75 Å². The molecule has 0 aliphatic carbocycles. The molecule has 0 heterocycles. The molecule has 0 atom stereocenters. The minimum Gasteiger partial charge on any atom is -0.286 e. The van der Waals surface area contributed by atoms with Gasteiger partial charge in [0.25, 0.3) is 10.1 Å². The standard InChI is InChI=1S/C22H22O3S/c23-26(24,25)17-5-4-6-18-9-11-20(12-10-18)22-15-13-21(14-16-22)19-7-2-1-3-8-19/h1-3,7-16H,4-6,17H2,(H,23,24,25). The molecule has 0 saturated carbocycles. The highest BCUT2D eigenvalue weighted by atomic mass is 32.2. The first-order valence-corrected chi connectivity index (χ1v) is 10.3. The van der Waals surface area contributed by atoms with E-state index in [1.54, 1.807) is 0 Å². The van der Waals surface area contributed by atoms with Crippen LogP contribution in [0.3, 0.4) is 0 Å². The average Bonchev–Trinajstić information content (AvgIpc) is 2.66. The minimum atomic E-state index is -3.84. The Morgan fingerprint density at radius 1 is 0.615 bits per heavy atom. The Bertz CT molecular complexity index is 929. The summed E-state index contributed by atoms with van der Waals surface area (Å²) >= 11 is 0. The first-order valence-electron chi connectivity index (χ1n) is 8.71. The lowest BCUT2D eigenvalue weighted by atomic mass is 9.99. The zero-order valence-electron chi connectivity index (χ0n) is 14.5. The van der Waals surface area contributed by atoms with Crippen LogP contribution in [-0.4, -0.2) is 18.7 Å². The number of aryl methyl sites for hydroxylation is 1. The van der Waals surface area contributed by atoms with E-state index in [-0.39, 0.29) is 5.75 Å². The van der Waals surface area contributed by atoms with Gasteiger partial charge in [-0.25, -0.2) is 0 Å². The summed E-state index contributed by atoms with van der Waals surface area (Å²) in [5, 5.41) is 0. The monoisotopic (exact) mass is 366 g/mol. The maximum Gasteiger partial charge on any atom is 0.264 e. The molecular weight excluding hydrogens is 344 g/mol. The smallest absolute Gasteiger partial charge is 0.264 e. The molecule has 0 spiro atoms. The number of unbranched alkanes of at least 4 members (excludes halogenated alkanes) is 1. The number of benzene rings is 3. The predicted molar refractivity (Wildman–Crippen MR) is 107 cm³/mol. The molecule has 4 heteroatoms. The van der Waals surface area contributed by atoms with Crippen LogP contribution in [0.25, 0.3) is 22.3 Å². The van der Waals surface area contributed by atoms with Gasteiger partial charge in [0, 0.05) is 0 Å². The average molecular weight is 366 g/mol. The molecule has 0 aromatic heterocycles. The second kappa shape index (κ2) is 8.30. The van der Waals surface area contributed by atoms with Crippen molar-refractivity contribution in [2.24, 2.45) is 0 Å². The minimum absolute atomic E-state index is 0.168. The van der Waals surface area contributed by atoms with E-state index in [1.807, 2.05) is 18.2 Å². The van der Waals surface area contributed by atoms with Crippen LogP contribution in [0.1, 0.15) is 18.4 Å². The van der Waals surface area contributed by atoms with Crippen LogP contribution >= 0.6 is 0 Å². The Morgan fingerprint density at radius 2 is 1.08 bits per heavy atom. The van der Waals surface area contributed by atoms with Crippen molar-refractivity contribution >= 4 is 10.1 Å².